The van der Waals surface area contributed by atoms with Gasteiger partial charge in [-0.2, -0.15) is 5.26 Å². The maximum absolute atomic E-state index is 13.0. The van der Waals surface area contributed by atoms with E-state index in [0.717, 1.165) is 27.7 Å². The molecule has 0 fully saturated rings. The van der Waals surface area contributed by atoms with Crippen molar-refractivity contribution < 1.29 is 4.79 Å². The summed E-state index contributed by atoms with van der Waals surface area (Å²) >= 11 is 1.33. The Bertz CT molecular complexity index is 1030. The minimum atomic E-state index is 0.00343. The van der Waals surface area contributed by atoms with Gasteiger partial charge < -0.3 is 4.90 Å². The van der Waals surface area contributed by atoms with E-state index in [1.165, 1.54) is 11.8 Å². The van der Waals surface area contributed by atoms with Crippen LogP contribution in [0.5, 0.6) is 0 Å². The Balaban J connectivity index is 1.86. The number of nitriles is 1. The van der Waals surface area contributed by atoms with Crippen molar-refractivity contribution in [1.82, 2.24) is 4.98 Å². The number of pyridine rings is 1. The van der Waals surface area contributed by atoms with Crippen molar-refractivity contribution in [3.05, 3.63) is 65.4 Å². The molecule has 0 atom stereocenters. The first kappa shape index (κ1) is 18.9. The molecule has 0 saturated carbocycles. The predicted octanol–water partition coefficient (Wildman–Crippen LogP) is 4.87. The number of carbonyl (C=O) groups excluding carboxylic acids is 1. The molecule has 1 amide bonds. The Morgan fingerprint density at radius 2 is 1.93 bits per heavy atom. The van der Waals surface area contributed by atoms with E-state index < -0.39 is 0 Å². The van der Waals surface area contributed by atoms with Crippen LogP contribution in [0.15, 0.2) is 53.6 Å². The second-order valence-electron chi connectivity index (χ2n) is 6.30. The van der Waals surface area contributed by atoms with Gasteiger partial charge in [-0.25, -0.2) is 4.98 Å². The van der Waals surface area contributed by atoms with E-state index in [2.05, 4.69) is 11.1 Å². The lowest BCUT2D eigenvalue weighted by Crippen LogP contribution is -2.32. The number of fused-ring (bicyclic) bond motifs is 1. The van der Waals surface area contributed by atoms with Gasteiger partial charge in [-0.15, -0.1) is 0 Å². The number of anilines is 1. The number of aromatic nitrogens is 1. The Morgan fingerprint density at radius 1 is 1.19 bits per heavy atom. The van der Waals surface area contributed by atoms with Crippen LogP contribution >= 0.6 is 11.8 Å². The normalized spacial score (nSPS) is 10.6. The van der Waals surface area contributed by atoms with E-state index >= 15 is 0 Å². The molecule has 1 heterocycles. The molecule has 0 bridgehead atoms. The number of hydrogen-bond donors (Lipinski definition) is 0. The van der Waals surface area contributed by atoms with Crippen molar-refractivity contribution in [3.63, 3.8) is 0 Å². The summed E-state index contributed by atoms with van der Waals surface area (Å²) in [6.07, 6.45) is 0. The van der Waals surface area contributed by atoms with Crippen molar-refractivity contribution in [2.24, 2.45) is 0 Å². The zero-order valence-electron chi connectivity index (χ0n) is 15.7. The Hall–Kier alpha value is -2.84. The minimum absolute atomic E-state index is 0.00343. The smallest absolute Gasteiger partial charge is 0.237 e. The molecule has 0 unspecified atom stereocenters. The highest BCUT2D eigenvalue weighted by Crippen LogP contribution is 2.29. The third-order valence-electron chi connectivity index (χ3n) is 4.43. The van der Waals surface area contributed by atoms with Crippen LogP contribution in [0.2, 0.25) is 0 Å². The monoisotopic (exact) mass is 375 g/mol. The Labute approximate surface area is 163 Å². The van der Waals surface area contributed by atoms with Crippen molar-refractivity contribution in [2.45, 2.75) is 25.8 Å². The average molecular weight is 375 g/mol. The molecular weight excluding hydrogens is 354 g/mol. The van der Waals surface area contributed by atoms with Gasteiger partial charge in [0.15, 0.2) is 0 Å². The number of hydrogen-bond acceptors (Lipinski definition) is 4. The van der Waals surface area contributed by atoms with Gasteiger partial charge in [-0.1, -0.05) is 48.2 Å². The number of amides is 1. The fourth-order valence-electron chi connectivity index (χ4n) is 3.18. The molecular formula is C22H21N3OS. The summed E-state index contributed by atoms with van der Waals surface area (Å²) < 4.78 is 0. The number of carbonyl (C=O) groups is 1. The van der Waals surface area contributed by atoms with Gasteiger partial charge in [-0.05, 0) is 43.9 Å². The maximum atomic E-state index is 13.0. The Morgan fingerprint density at radius 3 is 2.67 bits per heavy atom. The molecule has 27 heavy (non-hydrogen) atoms. The first-order chi connectivity index (χ1) is 13.0. The van der Waals surface area contributed by atoms with Gasteiger partial charge in [0.25, 0.3) is 0 Å². The fraction of sp³-hybridized carbons (Fsp3) is 0.227. The number of rotatable bonds is 5. The standard InChI is InChI=1S/C22H21N3OS/c1-4-25(20-11-7-9-17-8-5-6-10-18(17)20)21(26)14-27-22-19(13-23)15(2)12-16(3)24-22/h5-12H,4,14H2,1-3H3. The van der Waals surface area contributed by atoms with Crippen LogP contribution in [-0.2, 0) is 4.79 Å². The number of thioether (sulfide) groups is 1. The molecule has 5 heteroatoms. The van der Waals surface area contributed by atoms with Gasteiger partial charge in [-0.3, -0.25) is 4.79 Å². The molecule has 0 aliphatic heterocycles. The SMILES string of the molecule is CCN(C(=O)CSc1nc(C)cc(C)c1C#N)c1cccc2ccccc12. The van der Waals surface area contributed by atoms with Crippen LogP contribution in [-0.4, -0.2) is 23.2 Å². The molecule has 0 aliphatic carbocycles. The lowest BCUT2D eigenvalue weighted by molar-refractivity contribution is -0.116. The van der Waals surface area contributed by atoms with Crippen molar-refractivity contribution >= 4 is 34.1 Å². The largest absolute Gasteiger partial charge is 0.311 e. The molecule has 3 rings (SSSR count). The molecule has 1 aromatic heterocycles. The summed E-state index contributed by atoms with van der Waals surface area (Å²) in [5, 5.41) is 12.2. The van der Waals surface area contributed by atoms with E-state index in [9.17, 15) is 10.1 Å². The van der Waals surface area contributed by atoms with Gasteiger partial charge in [0.05, 0.1) is 17.0 Å². The molecule has 4 nitrogen and oxygen atoms in total. The zero-order valence-corrected chi connectivity index (χ0v) is 16.5. The topological polar surface area (TPSA) is 57.0 Å². The van der Waals surface area contributed by atoms with Crippen LogP contribution in [0.25, 0.3) is 10.8 Å². The third-order valence-corrected chi connectivity index (χ3v) is 5.39. The first-order valence-electron chi connectivity index (χ1n) is 8.84. The lowest BCUT2D eigenvalue weighted by atomic mass is 10.1. The van der Waals surface area contributed by atoms with Gasteiger partial charge >= 0.3 is 0 Å². The molecule has 2 aromatic carbocycles. The highest BCUT2D eigenvalue weighted by atomic mass is 32.2. The van der Waals surface area contributed by atoms with E-state index in [-0.39, 0.29) is 11.7 Å². The van der Waals surface area contributed by atoms with E-state index in [1.807, 2.05) is 69.3 Å². The number of aryl methyl sites for hydroxylation is 2. The van der Waals surface area contributed by atoms with Gasteiger partial charge in [0, 0.05) is 17.6 Å². The second-order valence-corrected chi connectivity index (χ2v) is 7.26. The summed E-state index contributed by atoms with van der Waals surface area (Å²) in [7, 11) is 0. The molecule has 0 saturated heterocycles. The van der Waals surface area contributed by atoms with E-state index in [4.69, 9.17) is 0 Å². The molecule has 0 spiro atoms. The molecule has 136 valence electrons. The van der Waals surface area contributed by atoms with Crippen molar-refractivity contribution in [3.8, 4) is 6.07 Å². The molecule has 3 aromatic rings. The van der Waals surface area contributed by atoms with Gasteiger partial charge in [0.1, 0.15) is 11.1 Å². The lowest BCUT2D eigenvalue weighted by Gasteiger charge is -2.22. The Kier molecular flexibility index (Phi) is 5.78. The highest BCUT2D eigenvalue weighted by Gasteiger charge is 2.18. The molecule has 0 aliphatic rings. The zero-order chi connectivity index (χ0) is 19.4. The summed E-state index contributed by atoms with van der Waals surface area (Å²) in [6.45, 7) is 6.35. The van der Waals surface area contributed by atoms with Crippen LogP contribution < -0.4 is 4.90 Å². The van der Waals surface area contributed by atoms with Crippen LogP contribution in [0, 0.1) is 25.2 Å². The van der Waals surface area contributed by atoms with Crippen molar-refractivity contribution in [2.75, 3.05) is 17.2 Å². The fourth-order valence-corrected chi connectivity index (χ4v) is 4.15. The maximum Gasteiger partial charge on any atom is 0.237 e. The second kappa shape index (κ2) is 8.24. The first-order valence-corrected chi connectivity index (χ1v) is 9.83. The number of benzene rings is 2. The number of nitrogens with zero attached hydrogens (tertiary/aromatic N) is 3. The summed E-state index contributed by atoms with van der Waals surface area (Å²) in [5.41, 5.74) is 3.20. The summed E-state index contributed by atoms with van der Waals surface area (Å²) in [5.74, 6) is 0.241. The van der Waals surface area contributed by atoms with Gasteiger partial charge in [0.2, 0.25) is 5.91 Å². The predicted molar refractivity (Wildman–Crippen MR) is 111 cm³/mol. The van der Waals surface area contributed by atoms with Crippen LogP contribution in [0.4, 0.5) is 5.69 Å². The summed E-state index contributed by atoms with van der Waals surface area (Å²) in [4.78, 5) is 19.2. The van der Waals surface area contributed by atoms with Crippen molar-refractivity contribution in [1.29, 1.82) is 5.26 Å². The average Bonchev–Trinajstić information content (AvgIpc) is 2.67. The van der Waals surface area contributed by atoms with Crippen LogP contribution in [0.3, 0.4) is 0 Å². The van der Waals surface area contributed by atoms with Crippen LogP contribution in [0.1, 0.15) is 23.7 Å². The summed E-state index contributed by atoms with van der Waals surface area (Å²) in [6, 6.07) is 18.1. The van der Waals surface area contributed by atoms with E-state index in [0.29, 0.717) is 17.1 Å². The molecule has 0 N–H and O–H groups in total. The minimum Gasteiger partial charge on any atom is -0.311 e. The molecule has 0 radical (unpaired) electrons. The highest BCUT2D eigenvalue weighted by molar-refractivity contribution is 8.00. The third kappa shape index (κ3) is 3.96. The van der Waals surface area contributed by atoms with E-state index in [1.54, 1.807) is 4.90 Å². The quantitative estimate of drug-likeness (QED) is 0.597.